The van der Waals surface area contributed by atoms with Crippen LogP contribution in [-0.4, -0.2) is 76.6 Å². The van der Waals surface area contributed by atoms with E-state index in [0.717, 1.165) is 0 Å². The Morgan fingerprint density at radius 1 is 0.863 bits per heavy atom. The zero-order valence-corrected chi connectivity index (χ0v) is 30.3. The molecule has 0 radical (unpaired) electrons. The maximum Gasteiger partial charge on any atom is 0.142 e. The Bertz CT molecular complexity index is 1790. The summed E-state index contributed by atoms with van der Waals surface area (Å²) in [4.78, 5) is 4.09. The number of rotatable bonds is 20. The van der Waals surface area contributed by atoms with Gasteiger partial charge in [0.15, 0.2) is 0 Å². The molecule has 4 aromatic rings. The van der Waals surface area contributed by atoms with Gasteiger partial charge in [0.25, 0.3) is 0 Å². The Labute approximate surface area is 312 Å². The molecular weight excluding hydrogens is 719 g/mol. The number of aromatic nitrogens is 1. The quantitative estimate of drug-likeness (QED) is 0.0649. The van der Waals surface area contributed by atoms with Crippen molar-refractivity contribution in [2.75, 3.05) is 39.5 Å². The van der Waals surface area contributed by atoms with Gasteiger partial charge in [0.1, 0.15) is 36.5 Å². The molecule has 0 fully saturated rings. The summed E-state index contributed by atoms with van der Waals surface area (Å²) in [5, 5.41) is 54.5. The molecular formula is C37H41Cl3N4O7. The van der Waals surface area contributed by atoms with Gasteiger partial charge in [0.2, 0.25) is 0 Å². The first kappa shape index (κ1) is 40.1. The molecule has 0 amide bonds. The average Bonchev–Trinajstić information content (AvgIpc) is 3.15. The highest BCUT2D eigenvalue weighted by molar-refractivity contribution is 6.37. The van der Waals surface area contributed by atoms with Crippen molar-refractivity contribution in [3.8, 4) is 34.4 Å². The number of nitrogens with zero attached hydrogens (tertiary/aromatic N) is 2. The largest absolute Gasteiger partial charge is 0.492 e. The van der Waals surface area contributed by atoms with Gasteiger partial charge >= 0.3 is 0 Å². The maximum atomic E-state index is 9.76. The molecule has 6 N–H and O–H groups in total. The van der Waals surface area contributed by atoms with E-state index < -0.39 is 11.6 Å². The van der Waals surface area contributed by atoms with Crippen LogP contribution in [-0.2, 0) is 19.8 Å². The molecule has 1 heterocycles. The van der Waals surface area contributed by atoms with E-state index >= 15 is 0 Å². The zero-order chi connectivity index (χ0) is 36.8. The molecule has 1 aromatic heterocycles. The minimum Gasteiger partial charge on any atom is -0.492 e. The second-order valence-corrected chi connectivity index (χ2v) is 13.2. The number of ether oxygens (including phenoxy) is 3. The first-order valence-electron chi connectivity index (χ1n) is 16.2. The smallest absolute Gasteiger partial charge is 0.142 e. The highest BCUT2D eigenvalue weighted by Crippen LogP contribution is 2.40. The van der Waals surface area contributed by atoms with Gasteiger partial charge in [-0.1, -0.05) is 65.1 Å². The van der Waals surface area contributed by atoms with Crippen molar-refractivity contribution < 1.29 is 34.6 Å². The van der Waals surface area contributed by atoms with Crippen LogP contribution in [0.4, 0.5) is 0 Å². The molecule has 0 saturated carbocycles. The number of hydrogen-bond donors (Lipinski definition) is 6. The summed E-state index contributed by atoms with van der Waals surface area (Å²) in [7, 11) is 0. The van der Waals surface area contributed by atoms with E-state index in [9.17, 15) is 20.6 Å². The van der Waals surface area contributed by atoms with E-state index in [4.69, 9.17) is 54.1 Å². The summed E-state index contributed by atoms with van der Waals surface area (Å²) >= 11 is 20.4. The Balaban J connectivity index is 1.50. The highest BCUT2D eigenvalue weighted by atomic mass is 35.5. The maximum absolute atomic E-state index is 9.76. The van der Waals surface area contributed by atoms with Gasteiger partial charge in [0, 0.05) is 59.4 Å². The van der Waals surface area contributed by atoms with Crippen molar-refractivity contribution in [2.45, 2.75) is 44.7 Å². The van der Waals surface area contributed by atoms with Gasteiger partial charge in [-0.15, -0.1) is 0 Å². The number of hydrogen-bond acceptors (Lipinski definition) is 11. The molecule has 272 valence electrons. The lowest BCUT2D eigenvalue weighted by atomic mass is 10.0. The summed E-state index contributed by atoms with van der Waals surface area (Å²) in [5.41, 5.74) is 2.85. The van der Waals surface area contributed by atoms with E-state index in [1.54, 1.807) is 37.4 Å². The van der Waals surface area contributed by atoms with Crippen LogP contribution >= 0.6 is 34.8 Å². The summed E-state index contributed by atoms with van der Waals surface area (Å²) in [6.45, 7) is 2.48. The number of nitrogens with one attached hydrogen (secondary N) is 2. The van der Waals surface area contributed by atoms with Crippen molar-refractivity contribution in [2.24, 2.45) is 0 Å². The fraction of sp³-hybridized carbons (Fsp3) is 0.351. The minimum absolute atomic E-state index is 0.0659. The van der Waals surface area contributed by atoms with Gasteiger partial charge in [-0.05, 0) is 38.1 Å². The Hall–Kier alpha value is -3.67. The van der Waals surface area contributed by atoms with Crippen LogP contribution in [0.25, 0.3) is 11.1 Å². The molecule has 3 aromatic carbocycles. The fourth-order valence-corrected chi connectivity index (χ4v) is 5.62. The van der Waals surface area contributed by atoms with Crippen LogP contribution in [0.2, 0.25) is 15.1 Å². The standard InChI is InChI=1S/C37H41Cl3N4O7/c1-37(22-46,23-47)44-17-27-12-31(38)34(13-33(27)50-20-25-11-24(14-41)15-43-16-25)51-21-26-5-2-6-29(35(26)39)30-7-3-8-32(36(30)40)49-10-4-9-42-18-28(48)19-45/h2-3,5-8,11-13,15-16,28,42,44-48H,4,9-10,17-23H2,1H3. The van der Waals surface area contributed by atoms with Gasteiger partial charge in [0.05, 0.1) is 58.7 Å². The van der Waals surface area contributed by atoms with E-state index in [-0.39, 0.29) is 39.6 Å². The molecule has 4 rings (SSSR count). The van der Waals surface area contributed by atoms with Crippen LogP contribution in [0.15, 0.2) is 67.0 Å². The monoisotopic (exact) mass is 758 g/mol. The average molecular weight is 760 g/mol. The number of halogens is 3. The molecule has 51 heavy (non-hydrogen) atoms. The number of nitriles is 1. The summed E-state index contributed by atoms with van der Waals surface area (Å²) in [6.07, 6.45) is 2.94. The Kier molecular flexibility index (Phi) is 15.6. The lowest BCUT2D eigenvalue weighted by molar-refractivity contribution is 0.0942. The van der Waals surface area contributed by atoms with Crippen LogP contribution in [0.1, 0.15) is 35.6 Å². The van der Waals surface area contributed by atoms with Crippen molar-refractivity contribution >= 4 is 34.8 Å². The molecule has 0 aliphatic rings. The molecule has 1 atom stereocenters. The highest BCUT2D eigenvalue weighted by Gasteiger charge is 2.23. The normalized spacial score (nSPS) is 12.0. The minimum atomic E-state index is -0.941. The molecule has 14 heteroatoms. The second kappa shape index (κ2) is 19.8. The van der Waals surface area contributed by atoms with E-state index in [0.29, 0.717) is 91.8 Å². The zero-order valence-electron chi connectivity index (χ0n) is 28.0. The molecule has 0 aliphatic carbocycles. The second-order valence-electron chi connectivity index (χ2n) is 12.0. The topological polar surface area (TPSA) is 169 Å². The van der Waals surface area contributed by atoms with Gasteiger partial charge in [-0.3, -0.25) is 4.98 Å². The summed E-state index contributed by atoms with van der Waals surface area (Å²) in [6, 6.07) is 18.1. The molecule has 0 bridgehead atoms. The molecule has 11 nitrogen and oxygen atoms in total. The van der Waals surface area contributed by atoms with Crippen LogP contribution in [0, 0.1) is 11.3 Å². The third-order valence-corrected chi connectivity index (χ3v) is 9.03. The fourth-order valence-electron chi connectivity index (χ4n) is 4.82. The van der Waals surface area contributed by atoms with Crippen molar-refractivity contribution in [1.82, 2.24) is 15.6 Å². The number of aliphatic hydroxyl groups is 4. The number of benzene rings is 3. The van der Waals surface area contributed by atoms with Crippen LogP contribution in [0.3, 0.4) is 0 Å². The first-order chi connectivity index (χ1) is 24.6. The van der Waals surface area contributed by atoms with E-state index in [1.165, 1.54) is 6.20 Å². The van der Waals surface area contributed by atoms with E-state index in [1.807, 2.05) is 30.3 Å². The lowest BCUT2D eigenvalue weighted by Gasteiger charge is -2.27. The predicted octanol–water partition coefficient (Wildman–Crippen LogP) is 5.28. The number of pyridine rings is 1. The van der Waals surface area contributed by atoms with Crippen LogP contribution < -0.4 is 24.8 Å². The third kappa shape index (κ3) is 11.4. The van der Waals surface area contributed by atoms with Gasteiger partial charge in [-0.2, -0.15) is 5.26 Å². The first-order valence-corrected chi connectivity index (χ1v) is 17.3. The van der Waals surface area contributed by atoms with Crippen LogP contribution in [0.5, 0.6) is 17.2 Å². The SMILES string of the molecule is CC(CO)(CO)NCc1cc(Cl)c(OCc2cccc(-c3cccc(OCCCNCC(O)CO)c3Cl)c2Cl)cc1OCc1cncc(C#N)c1. The Morgan fingerprint density at radius 2 is 1.59 bits per heavy atom. The number of aliphatic hydroxyl groups excluding tert-OH is 4. The third-order valence-electron chi connectivity index (χ3n) is 7.90. The summed E-state index contributed by atoms with van der Waals surface area (Å²) in [5.74, 6) is 1.27. The molecule has 0 spiro atoms. The summed E-state index contributed by atoms with van der Waals surface area (Å²) < 4.78 is 18.3. The molecule has 0 saturated heterocycles. The molecule has 1 unspecified atom stereocenters. The van der Waals surface area contributed by atoms with Gasteiger partial charge < -0.3 is 45.3 Å². The van der Waals surface area contributed by atoms with Gasteiger partial charge in [-0.25, -0.2) is 0 Å². The molecule has 0 aliphatic heterocycles. The van der Waals surface area contributed by atoms with Crippen molar-refractivity contribution in [3.63, 3.8) is 0 Å². The lowest BCUT2D eigenvalue weighted by Crippen LogP contribution is -2.48. The van der Waals surface area contributed by atoms with Crippen molar-refractivity contribution in [1.29, 1.82) is 5.26 Å². The predicted molar refractivity (Wildman–Crippen MR) is 196 cm³/mol. The Morgan fingerprint density at radius 3 is 2.31 bits per heavy atom. The van der Waals surface area contributed by atoms with E-state index in [2.05, 4.69) is 21.7 Å². The van der Waals surface area contributed by atoms with Crippen molar-refractivity contribution in [3.05, 3.63) is 104 Å².